The van der Waals surface area contributed by atoms with E-state index < -0.39 is 0 Å². The van der Waals surface area contributed by atoms with Crippen LogP contribution in [0.3, 0.4) is 0 Å². The normalized spacial score (nSPS) is 15.2. The van der Waals surface area contributed by atoms with Crippen LogP contribution in [-0.2, 0) is 9.59 Å². The molecule has 2 N–H and O–H groups in total. The second-order valence-electron chi connectivity index (χ2n) is 4.03. The molecule has 1 aliphatic rings. The smallest absolute Gasteiger partial charge is 0.242 e. The molecule has 1 fully saturated rings. The van der Waals surface area contributed by atoms with Crippen molar-refractivity contribution < 1.29 is 14.0 Å². The zero-order valence-corrected chi connectivity index (χ0v) is 9.78. The van der Waals surface area contributed by atoms with Crippen molar-refractivity contribution in [1.82, 2.24) is 10.2 Å². The minimum atomic E-state index is -0.357. The van der Waals surface area contributed by atoms with Gasteiger partial charge >= 0.3 is 0 Å². The molecule has 18 heavy (non-hydrogen) atoms. The summed E-state index contributed by atoms with van der Waals surface area (Å²) in [5.41, 5.74) is 0.546. The Morgan fingerprint density at radius 2 is 2.33 bits per heavy atom. The van der Waals surface area contributed by atoms with Gasteiger partial charge in [0.25, 0.3) is 0 Å². The number of hydrogen-bond acceptors (Lipinski definition) is 3. The van der Waals surface area contributed by atoms with Crippen molar-refractivity contribution in [3.63, 3.8) is 0 Å². The van der Waals surface area contributed by atoms with Crippen LogP contribution in [0.5, 0.6) is 0 Å². The van der Waals surface area contributed by atoms with Crippen LogP contribution in [0.25, 0.3) is 0 Å². The van der Waals surface area contributed by atoms with Gasteiger partial charge in [0.15, 0.2) is 0 Å². The number of carbonyl (C=O) groups is 2. The number of anilines is 1. The van der Waals surface area contributed by atoms with Crippen molar-refractivity contribution in [3.05, 3.63) is 30.1 Å². The average molecular weight is 251 g/mol. The summed E-state index contributed by atoms with van der Waals surface area (Å²) in [5, 5.41) is 5.48. The molecule has 0 saturated carbocycles. The van der Waals surface area contributed by atoms with Gasteiger partial charge in [0, 0.05) is 18.8 Å². The summed E-state index contributed by atoms with van der Waals surface area (Å²) in [7, 11) is 0. The first-order valence-electron chi connectivity index (χ1n) is 5.69. The molecule has 1 aromatic carbocycles. The van der Waals surface area contributed by atoms with Crippen LogP contribution < -0.4 is 10.6 Å². The van der Waals surface area contributed by atoms with Crippen molar-refractivity contribution in [1.29, 1.82) is 0 Å². The van der Waals surface area contributed by atoms with Crippen LogP contribution in [-0.4, -0.2) is 42.9 Å². The van der Waals surface area contributed by atoms with Crippen LogP contribution in [0.2, 0.25) is 0 Å². The van der Waals surface area contributed by atoms with Crippen molar-refractivity contribution in [3.8, 4) is 0 Å². The Balaban J connectivity index is 1.86. The molecule has 0 bridgehead atoms. The Morgan fingerprint density at radius 3 is 3.06 bits per heavy atom. The Morgan fingerprint density at radius 1 is 1.50 bits per heavy atom. The fraction of sp³-hybridized carbons (Fsp3) is 0.333. The van der Waals surface area contributed by atoms with Crippen molar-refractivity contribution >= 4 is 17.5 Å². The minimum absolute atomic E-state index is 0.0523. The highest BCUT2D eigenvalue weighted by molar-refractivity contribution is 5.87. The first kappa shape index (κ1) is 12.3. The highest BCUT2D eigenvalue weighted by Crippen LogP contribution is 2.08. The van der Waals surface area contributed by atoms with Gasteiger partial charge in [-0.05, 0) is 18.2 Å². The average Bonchev–Trinajstić information content (AvgIpc) is 2.36. The van der Waals surface area contributed by atoms with Gasteiger partial charge in [0.1, 0.15) is 5.82 Å². The number of amides is 2. The van der Waals surface area contributed by atoms with E-state index in [0.717, 1.165) is 0 Å². The highest BCUT2D eigenvalue weighted by atomic mass is 19.1. The van der Waals surface area contributed by atoms with E-state index in [1.807, 2.05) is 0 Å². The van der Waals surface area contributed by atoms with E-state index in [4.69, 9.17) is 0 Å². The van der Waals surface area contributed by atoms with Gasteiger partial charge in [-0.3, -0.25) is 9.59 Å². The monoisotopic (exact) mass is 251 g/mol. The lowest BCUT2D eigenvalue weighted by molar-refractivity contribution is -0.136. The third-order valence-corrected chi connectivity index (χ3v) is 2.66. The molecule has 1 heterocycles. The number of halogens is 1. The lowest BCUT2D eigenvalue weighted by Gasteiger charge is -2.26. The summed E-state index contributed by atoms with van der Waals surface area (Å²) in [6, 6.07) is 5.90. The maximum absolute atomic E-state index is 12.9. The summed E-state index contributed by atoms with van der Waals surface area (Å²) >= 11 is 0. The molecule has 0 radical (unpaired) electrons. The third kappa shape index (κ3) is 3.19. The predicted molar refractivity (Wildman–Crippen MR) is 64.5 cm³/mol. The largest absolute Gasteiger partial charge is 0.376 e. The summed E-state index contributed by atoms with van der Waals surface area (Å²) in [4.78, 5) is 24.4. The molecule has 0 aromatic heterocycles. The Labute approximate surface area is 104 Å². The lowest BCUT2D eigenvalue weighted by Crippen LogP contribution is -2.51. The Kier molecular flexibility index (Phi) is 3.76. The molecule has 1 aromatic rings. The van der Waals surface area contributed by atoms with E-state index in [9.17, 15) is 14.0 Å². The molecule has 2 amide bonds. The summed E-state index contributed by atoms with van der Waals surface area (Å²) in [6.45, 7) is 1.13. The van der Waals surface area contributed by atoms with Gasteiger partial charge in [0.05, 0.1) is 13.1 Å². The molecule has 1 saturated heterocycles. The minimum Gasteiger partial charge on any atom is -0.376 e. The summed E-state index contributed by atoms with van der Waals surface area (Å²) in [6.07, 6.45) is 0. The van der Waals surface area contributed by atoms with Crippen molar-refractivity contribution in [2.24, 2.45) is 0 Å². The maximum Gasteiger partial charge on any atom is 0.242 e. The second kappa shape index (κ2) is 5.48. The van der Waals surface area contributed by atoms with Crippen molar-refractivity contribution in [2.45, 2.75) is 0 Å². The number of piperazine rings is 1. The molecule has 96 valence electrons. The second-order valence-corrected chi connectivity index (χ2v) is 4.03. The van der Waals surface area contributed by atoms with Gasteiger partial charge in [0.2, 0.25) is 11.8 Å². The topological polar surface area (TPSA) is 61.4 Å². The van der Waals surface area contributed by atoms with Gasteiger partial charge in [-0.25, -0.2) is 4.39 Å². The molecule has 6 heteroatoms. The fourth-order valence-corrected chi connectivity index (χ4v) is 1.74. The molecule has 5 nitrogen and oxygen atoms in total. The van der Waals surface area contributed by atoms with Gasteiger partial charge in [-0.1, -0.05) is 6.07 Å². The van der Waals surface area contributed by atoms with Crippen molar-refractivity contribution in [2.75, 3.05) is 31.5 Å². The van der Waals surface area contributed by atoms with Gasteiger partial charge in [-0.15, -0.1) is 0 Å². The van der Waals surface area contributed by atoms with E-state index in [-0.39, 0.29) is 30.7 Å². The fourth-order valence-electron chi connectivity index (χ4n) is 1.74. The zero-order chi connectivity index (χ0) is 13.0. The Hall–Kier alpha value is -2.11. The Bertz CT molecular complexity index is 464. The number of carbonyl (C=O) groups excluding carboxylic acids is 2. The number of nitrogens with one attached hydrogen (secondary N) is 2. The maximum atomic E-state index is 12.9. The van der Waals surface area contributed by atoms with Crippen LogP contribution in [0, 0.1) is 5.82 Å². The number of benzene rings is 1. The van der Waals surface area contributed by atoms with Gasteiger partial charge < -0.3 is 15.5 Å². The highest BCUT2D eigenvalue weighted by Gasteiger charge is 2.20. The molecular weight excluding hydrogens is 237 g/mol. The SMILES string of the molecule is O=C1CN(C(=O)CNc2cccc(F)c2)CCN1. The molecule has 0 unspecified atom stereocenters. The van der Waals surface area contributed by atoms with E-state index >= 15 is 0 Å². The number of hydrogen-bond donors (Lipinski definition) is 2. The predicted octanol–water partition coefficient (Wildman–Crippen LogP) is 0.196. The third-order valence-electron chi connectivity index (χ3n) is 2.66. The van der Waals surface area contributed by atoms with E-state index in [0.29, 0.717) is 18.8 Å². The van der Waals surface area contributed by atoms with Crippen LogP contribution in [0.15, 0.2) is 24.3 Å². The molecular formula is C12H14FN3O2. The van der Waals surface area contributed by atoms with E-state index in [1.54, 1.807) is 12.1 Å². The summed E-state index contributed by atoms with van der Waals surface area (Å²) < 4.78 is 12.9. The van der Waals surface area contributed by atoms with E-state index in [1.165, 1.54) is 17.0 Å². The van der Waals surface area contributed by atoms with Crippen LogP contribution in [0.4, 0.5) is 10.1 Å². The first-order chi connectivity index (χ1) is 8.65. The molecule has 0 atom stereocenters. The standard InChI is InChI=1S/C12H14FN3O2/c13-9-2-1-3-10(6-9)15-7-12(18)16-5-4-14-11(17)8-16/h1-3,6,15H,4-5,7-8H2,(H,14,17). The number of nitrogens with zero attached hydrogens (tertiary/aromatic N) is 1. The number of rotatable bonds is 3. The van der Waals surface area contributed by atoms with Crippen LogP contribution in [0.1, 0.15) is 0 Å². The quantitative estimate of drug-likeness (QED) is 0.806. The van der Waals surface area contributed by atoms with Crippen LogP contribution >= 0.6 is 0 Å². The zero-order valence-electron chi connectivity index (χ0n) is 9.78. The molecule has 2 rings (SSSR count). The molecule has 1 aliphatic heterocycles. The first-order valence-corrected chi connectivity index (χ1v) is 5.69. The summed E-state index contributed by atoms with van der Waals surface area (Å²) in [5.74, 6) is -0.681. The lowest BCUT2D eigenvalue weighted by atomic mass is 10.3. The molecule has 0 spiro atoms. The van der Waals surface area contributed by atoms with Gasteiger partial charge in [-0.2, -0.15) is 0 Å². The van der Waals surface area contributed by atoms with E-state index in [2.05, 4.69) is 10.6 Å². The molecule has 0 aliphatic carbocycles.